The standard InChI is InChI=1S/C16H25ClN2O4/c1-15(2,3)14-12(18-11-23-14)8-19(13(20)7-17)9-16(21-4)5-6-22-10-16/h11H,5-10H2,1-4H3. The lowest BCUT2D eigenvalue weighted by atomic mass is 9.91. The smallest absolute Gasteiger partial charge is 0.237 e. The maximum atomic E-state index is 12.3. The maximum absolute atomic E-state index is 12.3. The van der Waals surface area contributed by atoms with Crippen LogP contribution in [-0.2, 0) is 26.2 Å². The summed E-state index contributed by atoms with van der Waals surface area (Å²) in [6, 6.07) is 0. The average Bonchev–Trinajstić information content (AvgIpc) is 3.15. The van der Waals surface area contributed by atoms with Crippen LogP contribution in [0.25, 0.3) is 0 Å². The van der Waals surface area contributed by atoms with E-state index in [2.05, 4.69) is 4.98 Å². The SMILES string of the molecule is COC1(CN(Cc2ncoc2C(C)(C)C)C(=O)CCl)CCOC1. The van der Waals surface area contributed by atoms with Crippen LogP contribution in [0.4, 0.5) is 0 Å². The molecule has 1 atom stereocenters. The third kappa shape index (κ3) is 4.25. The Morgan fingerprint density at radius 1 is 1.52 bits per heavy atom. The first-order chi connectivity index (χ1) is 10.8. The fourth-order valence-corrected chi connectivity index (χ4v) is 2.94. The largest absolute Gasteiger partial charge is 0.448 e. The zero-order chi connectivity index (χ0) is 17.1. The first-order valence-corrected chi connectivity index (χ1v) is 8.24. The minimum atomic E-state index is -0.479. The highest BCUT2D eigenvalue weighted by Crippen LogP contribution is 2.28. The van der Waals surface area contributed by atoms with Gasteiger partial charge in [-0.2, -0.15) is 0 Å². The highest BCUT2D eigenvalue weighted by Gasteiger charge is 2.38. The lowest BCUT2D eigenvalue weighted by Crippen LogP contribution is -2.47. The molecule has 7 heteroatoms. The molecule has 1 unspecified atom stereocenters. The van der Waals surface area contributed by atoms with Gasteiger partial charge in [-0.25, -0.2) is 4.98 Å². The van der Waals surface area contributed by atoms with Gasteiger partial charge in [-0.15, -0.1) is 11.6 Å². The third-order valence-electron chi connectivity index (χ3n) is 4.11. The fraction of sp³-hybridized carbons (Fsp3) is 0.750. The lowest BCUT2D eigenvalue weighted by molar-refractivity contribution is -0.134. The molecule has 2 rings (SSSR count). The van der Waals surface area contributed by atoms with Crippen molar-refractivity contribution in [2.24, 2.45) is 0 Å². The number of alkyl halides is 1. The van der Waals surface area contributed by atoms with Gasteiger partial charge in [0.2, 0.25) is 5.91 Å². The van der Waals surface area contributed by atoms with Gasteiger partial charge in [0.05, 0.1) is 19.7 Å². The molecule has 1 amide bonds. The summed E-state index contributed by atoms with van der Waals surface area (Å²) in [6.45, 7) is 8.02. The van der Waals surface area contributed by atoms with Crippen molar-refractivity contribution in [3.63, 3.8) is 0 Å². The molecule has 0 bridgehead atoms. The zero-order valence-electron chi connectivity index (χ0n) is 14.2. The van der Waals surface area contributed by atoms with E-state index in [0.717, 1.165) is 17.9 Å². The van der Waals surface area contributed by atoms with E-state index in [4.69, 9.17) is 25.5 Å². The van der Waals surface area contributed by atoms with E-state index < -0.39 is 5.60 Å². The molecule has 0 N–H and O–H groups in total. The molecule has 0 spiro atoms. The van der Waals surface area contributed by atoms with Gasteiger partial charge in [-0.1, -0.05) is 20.8 Å². The Hall–Kier alpha value is -1.11. The van der Waals surface area contributed by atoms with Gasteiger partial charge in [0, 0.05) is 25.6 Å². The second kappa shape index (κ2) is 7.20. The first kappa shape index (κ1) is 18.2. The van der Waals surface area contributed by atoms with E-state index in [1.165, 1.54) is 6.39 Å². The molecule has 0 aromatic carbocycles. The number of aromatic nitrogens is 1. The summed E-state index contributed by atoms with van der Waals surface area (Å²) in [5.41, 5.74) is 0.0886. The van der Waals surface area contributed by atoms with Crippen molar-refractivity contribution in [2.75, 3.05) is 32.7 Å². The molecule has 23 heavy (non-hydrogen) atoms. The summed E-state index contributed by atoms with van der Waals surface area (Å²) in [5.74, 6) is 0.542. The van der Waals surface area contributed by atoms with E-state index in [-0.39, 0.29) is 17.2 Å². The molecule has 2 heterocycles. The van der Waals surface area contributed by atoms with Crippen LogP contribution in [0, 0.1) is 0 Å². The Kier molecular flexibility index (Phi) is 5.70. The molecule has 1 aliphatic rings. The van der Waals surface area contributed by atoms with E-state index in [9.17, 15) is 4.79 Å². The van der Waals surface area contributed by atoms with Crippen molar-refractivity contribution in [3.05, 3.63) is 17.8 Å². The Labute approximate surface area is 142 Å². The van der Waals surface area contributed by atoms with Crippen molar-refractivity contribution in [1.29, 1.82) is 0 Å². The van der Waals surface area contributed by atoms with Gasteiger partial charge in [0.1, 0.15) is 22.9 Å². The van der Waals surface area contributed by atoms with Gasteiger partial charge in [0.15, 0.2) is 6.39 Å². The van der Waals surface area contributed by atoms with Crippen LogP contribution in [0.3, 0.4) is 0 Å². The Morgan fingerprint density at radius 2 is 2.26 bits per heavy atom. The number of carbonyl (C=O) groups excluding carboxylic acids is 1. The molecule has 0 saturated carbocycles. The number of halogens is 1. The number of methoxy groups -OCH3 is 1. The topological polar surface area (TPSA) is 64.8 Å². The van der Waals surface area contributed by atoms with Crippen LogP contribution in [-0.4, -0.2) is 54.1 Å². The summed E-state index contributed by atoms with van der Waals surface area (Å²) in [6.07, 6.45) is 2.17. The maximum Gasteiger partial charge on any atom is 0.237 e. The van der Waals surface area contributed by atoms with Gasteiger partial charge in [0.25, 0.3) is 0 Å². The Balaban J connectivity index is 2.20. The molecule has 0 radical (unpaired) electrons. The number of rotatable bonds is 6. The second-order valence-corrected chi connectivity index (χ2v) is 7.22. The minimum absolute atomic E-state index is 0.0800. The third-order valence-corrected chi connectivity index (χ3v) is 4.34. The van der Waals surface area contributed by atoms with E-state index in [1.54, 1.807) is 12.0 Å². The van der Waals surface area contributed by atoms with Gasteiger partial charge < -0.3 is 18.8 Å². The normalized spacial score (nSPS) is 21.6. The monoisotopic (exact) mass is 344 g/mol. The van der Waals surface area contributed by atoms with Crippen LogP contribution in [0.1, 0.15) is 38.6 Å². The van der Waals surface area contributed by atoms with Gasteiger partial charge >= 0.3 is 0 Å². The van der Waals surface area contributed by atoms with Gasteiger partial charge in [-0.3, -0.25) is 4.79 Å². The number of oxazole rings is 1. The van der Waals surface area contributed by atoms with Crippen molar-refractivity contribution >= 4 is 17.5 Å². The molecule has 1 aliphatic heterocycles. The molecular formula is C16H25ClN2O4. The molecule has 1 aromatic rings. The van der Waals surface area contributed by atoms with Crippen LogP contribution in [0.5, 0.6) is 0 Å². The summed E-state index contributed by atoms with van der Waals surface area (Å²) in [5, 5.41) is 0. The number of ether oxygens (including phenoxy) is 2. The number of hydrogen-bond acceptors (Lipinski definition) is 5. The lowest BCUT2D eigenvalue weighted by Gasteiger charge is -2.33. The second-order valence-electron chi connectivity index (χ2n) is 6.95. The Morgan fingerprint density at radius 3 is 2.78 bits per heavy atom. The van der Waals surface area contributed by atoms with Crippen molar-refractivity contribution in [1.82, 2.24) is 9.88 Å². The molecular weight excluding hydrogens is 320 g/mol. The van der Waals surface area contributed by atoms with E-state index in [1.807, 2.05) is 20.8 Å². The van der Waals surface area contributed by atoms with Crippen LogP contribution >= 0.6 is 11.6 Å². The number of nitrogens with zero attached hydrogens (tertiary/aromatic N) is 2. The number of amides is 1. The molecule has 1 fully saturated rings. The number of carbonyl (C=O) groups is 1. The van der Waals surface area contributed by atoms with Crippen LogP contribution < -0.4 is 0 Å². The molecule has 130 valence electrons. The van der Waals surface area contributed by atoms with E-state index in [0.29, 0.717) is 26.3 Å². The first-order valence-electron chi connectivity index (χ1n) is 7.71. The quantitative estimate of drug-likeness (QED) is 0.741. The summed E-state index contributed by atoms with van der Waals surface area (Å²) < 4.78 is 16.6. The van der Waals surface area contributed by atoms with Crippen LogP contribution in [0.15, 0.2) is 10.8 Å². The van der Waals surface area contributed by atoms with Crippen molar-refractivity contribution in [3.8, 4) is 0 Å². The molecule has 0 aliphatic carbocycles. The van der Waals surface area contributed by atoms with E-state index >= 15 is 0 Å². The average molecular weight is 345 g/mol. The zero-order valence-corrected chi connectivity index (χ0v) is 15.0. The highest BCUT2D eigenvalue weighted by atomic mass is 35.5. The highest BCUT2D eigenvalue weighted by molar-refractivity contribution is 6.27. The summed E-state index contributed by atoms with van der Waals surface area (Å²) >= 11 is 5.78. The van der Waals surface area contributed by atoms with Crippen LogP contribution in [0.2, 0.25) is 0 Å². The number of hydrogen-bond donors (Lipinski definition) is 0. The summed E-state index contributed by atoms with van der Waals surface area (Å²) in [7, 11) is 1.65. The van der Waals surface area contributed by atoms with Gasteiger partial charge in [-0.05, 0) is 0 Å². The summed E-state index contributed by atoms with van der Waals surface area (Å²) in [4.78, 5) is 18.2. The molecule has 6 nitrogen and oxygen atoms in total. The van der Waals surface area contributed by atoms with Crippen molar-refractivity contribution < 1.29 is 18.7 Å². The predicted molar refractivity (Wildman–Crippen MR) is 86.5 cm³/mol. The Bertz CT molecular complexity index is 532. The minimum Gasteiger partial charge on any atom is -0.448 e. The molecule has 1 saturated heterocycles. The predicted octanol–water partition coefficient (Wildman–Crippen LogP) is 2.34. The van der Waals surface area contributed by atoms with Crippen molar-refractivity contribution in [2.45, 2.75) is 44.8 Å². The fourth-order valence-electron chi connectivity index (χ4n) is 2.78. The molecule has 1 aromatic heterocycles.